The summed E-state index contributed by atoms with van der Waals surface area (Å²) in [5.41, 5.74) is 1.25. The van der Waals surface area contributed by atoms with E-state index in [1.165, 1.54) is 0 Å². The van der Waals surface area contributed by atoms with Crippen LogP contribution in [0.3, 0.4) is 0 Å². The van der Waals surface area contributed by atoms with Gasteiger partial charge in [-0.25, -0.2) is 9.67 Å². The predicted octanol–water partition coefficient (Wildman–Crippen LogP) is 4.43. The van der Waals surface area contributed by atoms with Crippen molar-refractivity contribution in [3.63, 3.8) is 0 Å². The zero-order valence-corrected chi connectivity index (χ0v) is 14.2. The van der Waals surface area contributed by atoms with Crippen molar-refractivity contribution in [2.45, 2.75) is 0 Å². The van der Waals surface area contributed by atoms with Crippen LogP contribution in [0.4, 0.5) is 5.69 Å². The Morgan fingerprint density at radius 3 is 2.73 bits per heavy atom. The number of anilines is 1. The van der Waals surface area contributed by atoms with Crippen LogP contribution in [0.15, 0.2) is 77.6 Å². The maximum Gasteiger partial charge on any atom is 0.291 e. The number of hydrogen-bond acceptors (Lipinski definition) is 4. The van der Waals surface area contributed by atoms with Crippen LogP contribution in [0.2, 0.25) is 5.02 Å². The first-order valence-electron chi connectivity index (χ1n) is 7.83. The predicted molar refractivity (Wildman–Crippen MR) is 98.5 cm³/mol. The summed E-state index contributed by atoms with van der Waals surface area (Å²) in [6.45, 7) is 0. The van der Waals surface area contributed by atoms with Gasteiger partial charge in [0.2, 0.25) is 0 Å². The zero-order chi connectivity index (χ0) is 17.9. The molecule has 3 heterocycles. The number of benzene rings is 1. The minimum atomic E-state index is -0.385. The number of rotatable bonds is 4. The number of amides is 1. The number of halogens is 1. The van der Waals surface area contributed by atoms with Crippen molar-refractivity contribution >= 4 is 23.2 Å². The van der Waals surface area contributed by atoms with Crippen molar-refractivity contribution in [3.8, 4) is 17.1 Å². The van der Waals surface area contributed by atoms with Crippen LogP contribution >= 0.6 is 11.6 Å². The Morgan fingerprint density at radius 2 is 1.92 bits per heavy atom. The lowest BCUT2D eigenvalue weighted by Gasteiger charge is -2.08. The number of carbonyl (C=O) groups excluding carboxylic acids is 1. The number of pyridine rings is 1. The summed E-state index contributed by atoms with van der Waals surface area (Å²) in [5.74, 6) is 0.836. The fourth-order valence-corrected chi connectivity index (χ4v) is 2.75. The summed E-state index contributed by atoms with van der Waals surface area (Å²) >= 11 is 6.18. The molecule has 4 aromatic rings. The van der Waals surface area contributed by atoms with Gasteiger partial charge in [-0.15, -0.1) is 0 Å². The molecule has 0 bridgehead atoms. The molecule has 0 saturated carbocycles. The van der Waals surface area contributed by atoms with Gasteiger partial charge in [-0.1, -0.05) is 23.7 Å². The highest BCUT2D eigenvalue weighted by Gasteiger charge is 2.16. The Morgan fingerprint density at radius 1 is 1.04 bits per heavy atom. The molecule has 128 valence electrons. The summed E-state index contributed by atoms with van der Waals surface area (Å²) in [5, 5.41) is 7.51. The Hall–Kier alpha value is -3.38. The van der Waals surface area contributed by atoms with Gasteiger partial charge in [0.25, 0.3) is 5.91 Å². The average Bonchev–Trinajstić information content (AvgIpc) is 3.35. The molecule has 0 saturated heterocycles. The van der Waals surface area contributed by atoms with Gasteiger partial charge < -0.3 is 9.73 Å². The molecule has 0 aliphatic rings. The monoisotopic (exact) mass is 364 g/mol. The second-order valence-electron chi connectivity index (χ2n) is 5.42. The first kappa shape index (κ1) is 16.1. The summed E-state index contributed by atoms with van der Waals surface area (Å²) in [4.78, 5) is 16.8. The second kappa shape index (κ2) is 6.85. The van der Waals surface area contributed by atoms with Gasteiger partial charge in [0.1, 0.15) is 5.76 Å². The largest absolute Gasteiger partial charge is 0.451 e. The van der Waals surface area contributed by atoms with Gasteiger partial charge in [0.05, 0.1) is 10.7 Å². The van der Waals surface area contributed by atoms with Gasteiger partial charge in [-0.2, -0.15) is 5.10 Å². The lowest BCUT2D eigenvalue weighted by atomic mass is 10.2. The van der Waals surface area contributed by atoms with Crippen LogP contribution in [0.1, 0.15) is 10.6 Å². The summed E-state index contributed by atoms with van der Waals surface area (Å²) in [6, 6.07) is 15.9. The van der Waals surface area contributed by atoms with Crippen molar-refractivity contribution in [1.82, 2.24) is 14.8 Å². The highest BCUT2D eigenvalue weighted by atomic mass is 35.5. The van der Waals surface area contributed by atoms with Gasteiger partial charge in [0.15, 0.2) is 11.6 Å². The molecule has 4 rings (SSSR count). The van der Waals surface area contributed by atoms with E-state index in [1.807, 2.05) is 18.2 Å². The first-order chi connectivity index (χ1) is 12.7. The first-order valence-corrected chi connectivity index (χ1v) is 8.21. The van der Waals surface area contributed by atoms with Gasteiger partial charge in [-0.05, 0) is 42.5 Å². The maximum absolute atomic E-state index is 12.6. The zero-order valence-electron chi connectivity index (χ0n) is 13.5. The molecule has 26 heavy (non-hydrogen) atoms. The fourth-order valence-electron chi connectivity index (χ4n) is 2.52. The lowest BCUT2D eigenvalue weighted by Crippen LogP contribution is -2.14. The summed E-state index contributed by atoms with van der Waals surface area (Å²) in [7, 11) is 0. The standard InChI is InChI=1S/C19H13ClN4O2/c20-14-6-2-1-5-13(14)16-8-9-17(26-16)19(25)23-15-7-3-10-21-18(15)24-12-4-11-22-24/h1-12H,(H,23,25). The Bertz CT molecular complexity index is 1060. The van der Waals surface area contributed by atoms with E-state index >= 15 is 0 Å². The average molecular weight is 365 g/mol. The topological polar surface area (TPSA) is 73.0 Å². The molecule has 3 aromatic heterocycles. The molecule has 0 fully saturated rings. The Kier molecular flexibility index (Phi) is 4.25. The third-order valence-corrected chi connectivity index (χ3v) is 4.05. The number of nitrogens with zero attached hydrogens (tertiary/aromatic N) is 3. The van der Waals surface area contributed by atoms with Crippen molar-refractivity contribution in [3.05, 3.63) is 84.0 Å². The molecule has 0 aliphatic carbocycles. The van der Waals surface area contributed by atoms with Gasteiger partial charge in [-0.3, -0.25) is 4.79 Å². The Labute approximate surface area is 154 Å². The molecule has 1 N–H and O–H groups in total. The SMILES string of the molecule is O=C(Nc1cccnc1-n1cccn1)c1ccc(-c2ccccc2Cl)o1. The van der Waals surface area contributed by atoms with Crippen LogP contribution in [0.25, 0.3) is 17.1 Å². The normalized spacial score (nSPS) is 10.7. The van der Waals surface area contributed by atoms with E-state index in [-0.39, 0.29) is 11.7 Å². The maximum atomic E-state index is 12.6. The lowest BCUT2D eigenvalue weighted by molar-refractivity contribution is 0.0997. The highest BCUT2D eigenvalue weighted by Crippen LogP contribution is 2.29. The molecule has 0 unspecified atom stereocenters. The number of aromatic nitrogens is 3. The number of hydrogen-bond donors (Lipinski definition) is 1. The minimum absolute atomic E-state index is 0.176. The summed E-state index contributed by atoms with van der Waals surface area (Å²) < 4.78 is 7.25. The van der Waals surface area contributed by atoms with Crippen LogP contribution in [0, 0.1) is 0 Å². The third kappa shape index (κ3) is 3.10. The van der Waals surface area contributed by atoms with Gasteiger partial charge in [0, 0.05) is 24.2 Å². The molecule has 6 nitrogen and oxygen atoms in total. The van der Waals surface area contributed by atoms with Gasteiger partial charge >= 0.3 is 0 Å². The summed E-state index contributed by atoms with van der Waals surface area (Å²) in [6.07, 6.45) is 5.03. The van der Waals surface area contributed by atoms with Crippen molar-refractivity contribution in [2.75, 3.05) is 5.32 Å². The molecular formula is C19H13ClN4O2. The van der Waals surface area contributed by atoms with E-state index in [0.717, 1.165) is 5.56 Å². The molecule has 0 atom stereocenters. The molecule has 1 amide bonds. The van der Waals surface area contributed by atoms with Crippen LogP contribution < -0.4 is 5.32 Å². The van der Waals surface area contributed by atoms with E-state index in [4.69, 9.17) is 16.0 Å². The third-order valence-electron chi connectivity index (χ3n) is 3.73. The molecule has 1 aromatic carbocycles. The highest BCUT2D eigenvalue weighted by molar-refractivity contribution is 6.33. The minimum Gasteiger partial charge on any atom is -0.451 e. The molecule has 0 radical (unpaired) electrons. The molecular weight excluding hydrogens is 352 g/mol. The van der Waals surface area contributed by atoms with E-state index in [9.17, 15) is 4.79 Å². The second-order valence-corrected chi connectivity index (χ2v) is 5.83. The van der Waals surface area contributed by atoms with Crippen molar-refractivity contribution in [2.24, 2.45) is 0 Å². The smallest absolute Gasteiger partial charge is 0.291 e. The van der Waals surface area contributed by atoms with Crippen molar-refractivity contribution in [1.29, 1.82) is 0 Å². The Balaban J connectivity index is 1.60. The number of furan rings is 1. The molecule has 0 spiro atoms. The fraction of sp³-hybridized carbons (Fsp3) is 0. The van der Waals surface area contributed by atoms with Crippen LogP contribution in [-0.2, 0) is 0 Å². The quantitative estimate of drug-likeness (QED) is 0.581. The number of nitrogens with one attached hydrogen (secondary N) is 1. The van der Waals surface area contributed by atoms with E-state index < -0.39 is 0 Å². The van der Waals surface area contributed by atoms with E-state index in [1.54, 1.807) is 59.7 Å². The van der Waals surface area contributed by atoms with Crippen LogP contribution in [0.5, 0.6) is 0 Å². The van der Waals surface area contributed by atoms with Crippen LogP contribution in [-0.4, -0.2) is 20.7 Å². The molecule has 0 aliphatic heterocycles. The number of carbonyl (C=O) groups is 1. The van der Waals surface area contributed by atoms with E-state index in [2.05, 4.69) is 15.4 Å². The molecule has 7 heteroatoms. The van der Waals surface area contributed by atoms with Crippen molar-refractivity contribution < 1.29 is 9.21 Å². The van der Waals surface area contributed by atoms with E-state index in [0.29, 0.717) is 22.3 Å².